The highest BCUT2D eigenvalue weighted by atomic mass is 32.2. The van der Waals surface area contributed by atoms with Gasteiger partial charge in [-0.05, 0) is 12.6 Å². The first-order valence-corrected chi connectivity index (χ1v) is 9.70. The standard InChI is InChI=1S/C18H23N5OS/c1-21-7-9-22(10-8-21)20-16-15(13-14-5-3-2-4-6-14)17(24)23-11-12-25-18(23)19-16/h2-6,20H,7-13H2,1H3. The molecule has 1 N–H and O–H groups in total. The van der Waals surface area contributed by atoms with Crippen molar-refractivity contribution >= 4 is 17.6 Å². The summed E-state index contributed by atoms with van der Waals surface area (Å²) < 4.78 is 1.82. The summed E-state index contributed by atoms with van der Waals surface area (Å²) in [6.45, 7) is 4.63. The van der Waals surface area contributed by atoms with Gasteiger partial charge in [-0.2, -0.15) is 0 Å². The summed E-state index contributed by atoms with van der Waals surface area (Å²) in [4.78, 5) is 20.1. The van der Waals surface area contributed by atoms with Crippen molar-refractivity contribution in [2.45, 2.75) is 18.1 Å². The Hall–Kier alpha value is -1.83. The van der Waals surface area contributed by atoms with Crippen LogP contribution in [0.15, 0.2) is 40.3 Å². The van der Waals surface area contributed by atoms with E-state index in [0.29, 0.717) is 6.42 Å². The first-order valence-electron chi connectivity index (χ1n) is 8.71. The highest BCUT2D eigenvalue weighted by molar-refractivity contribution is 7.99. The number of rotatable bonds is 4. The zero-order chi connectivity index (χ0) is 17.2. The molecule has 1 aromatic carbocycles. The Morgan fingerprint density at radius 2 is 1.88 bits per heavy atom. The molecule has 0 unspecified atom stereocenters. The largest absolute Gasteiger partial charge is 0.304 e. The average molecular weight is 357 g/mol. The lowest BCUT2D eigenvalue weighted by molar-refractivity contribution is 0.178. The molecule has 0 spiro atoms. The summed E-state index contributed by atoms with van der Waals surface area (Å²) in [5.41, 5.74) is 5.42. The smallest absolute Gasteiger partial charge is 0.259 e. The van der Waals surface area contributed by atoms with Gasteiger partial charge >= 0.3 is 0 Å². The Kier molecular flexibility index (Phi) is 4.78. The van der Waals surface area contributed by atoms with Gasteiger partial charge in [0.25, 0.3) is 5.56 Å². The minimum Gasteiger partial charge on any atom is -0.304 e. The molecule has 2 aliphatic rings. The van der Waals surface area contributed by atoms with E-state index in [1.165, 1.54) is 0 Å². The molecule has 0 aliphatic carbocycles. The molecular formula is C18H23N5OS. The van der Waals surface area contributed by atoms with Crippen molar-refractivity contribution in [2.24, 2.45) is 0 Å². The lowest BCUT2D eigenvalue weighted by Gasteiger charge is -2.33. The van der Waals surface area contributed by atoms with Crippen LogP contribution in [0.5, 0.6) is 0 Å². The van der Waals surface area contributed by atoms with Crippen LogP contribution in [0, 0.1) is 0 Å². The normalized spacial score (nSPS) is 18.3. The molecule has 132 valence electrons. The van der Waals surface area contributed by atoms with Crippen molar-refractivity contribution in [1.29, 1.82) is 0 Å². The van der Waals surface area contributed by atoms with Gasteiger partial charge in [-0.25, -0.2) is 9.99 Å². The van der Waals surface area contributed by atoms with Crippen molar-refractivity contribution in [3.05, 3.63) is 51.8 Å². The van der Waals surface area contributed by atoms with Crippen molar-refractivity contribution in [1.82, 2.24) is 19.5 Å². The molecular weight excluding hydrogens is 334 g/mol. The van der Waals surface area contributed by atoms with Gasteiger partial charge in [-0.3, -0.25) is 9.36 Å². The van der Waals surface area contributed by atoms with E-state index in [1.54, 1.807) is 11.8 Å². The van der Waals surface area contributed by atoms with Crippen LogP contribution >= 0.6 is 11.8 Å². The van der Waals surface area contributed by atoms with E-state index in [-0.39, 0.29) is 5.56 Å². The zero-order valence-corrected chi connectivity index (χ0v) is 15.3. The van der Waals surface area contributed by atoms with Crippen LogP contribution in [0.4, 0.5) is 5.82 Å². The number of nitrogens with zero attached hydrogens (tertiary/aromatic N) is 4. The van der Waals surface area contributed by atoms with Gasteiger partial charge in [0.15, 0.2) is 11.0 Å². The average Bonchev–Trinajstić information content (AvgIpc) is 3.10. The van der Waals surface area contributed by atoms with Crippen molar-refractivity contribution < 1.29 is 0 Å². The first kappa shape index (κ1) is 16.6. The number of benzene rings is 1. The van der Waals surface area contributed by atoms with Gasteiger partial charge in [-0.15, -0.1) is 0 Å². The Morgan fingerprint density at radius 1 is 1.12 bits per heavy atom. The van der Waals surface area contributed by atoms with Crippen LogP contribution in [-0.4, -0.2) is 58.4 Å². The third-order valence-corrected chi connectivity index (χ3v) is 5.72. The molecule has 1 fully saturated rings. The summed E-state index contributed by atoms with van der Waals surface area (Å²) in [6, 6.07) is 10.1. The Labute approximate surface area is 151 Å². The molecule has 0 saturated carbocycles. The summed E-state index contributed by atoms with van der Waals surface area (Å²) >= 11 is 1.66. The molecule has 0 radical (unpaired) electrons. The van der Waals surface area contributed by atoms with Crippen LogP contribution in [0.3, 0.4) is 0 Å². The fourth-order valence-electron chi connectivity index (χ4n) is 3.23. The van der Waals surface area contributed by atoms with Crippen molar-refractivity contribution in [2.75, 3.05) is 44.4 Å². The highest BCUT2D eigenvalue weighted by Gasteiger charge is 2.23. The highest BCUT2D eigenvalue weighted by Crippen LogP contribution is 2.25. The van der Waals surface area contributed by atoms with Crippen LogP contribution in [0.2, 0.25) is 0 Å². The molecule has 2 aliphatic heterocycles. The van der Waals surface area contributed by atoms with E-state index in [9.17, 15) is 4.79 Å². The van der Waals surface area contributed by atoms with E-state index in [1.807, 2.05) is 22.8 Å². The van der Waals surface area contributed by atoms with E-state index < -0.39 is 0 Å². The second kappa shape index (κ2) is 7.19. The molecule has 2 aromatic rings. The molecule has 0 bridgehead atoms. The van der Waals surface area contributed by atoms with Gasteiger partial charge in [0.2, 0.25) is 0 Å². The Balaban J connectivity index is 1.66. The fraction of sp³-hybridized carbons (Fsp3) is 0.444. The molecule has 7 heteroatoms. The number of aromatic nitrogens is 2. The number of nitrogens with one attached hydrogen (secondary N) is 1. The van der Waals surface area contributed by atoms with Crippen LogP contribution < -0.4 is 11.0 Å². The number of anilines is 1. The molecule has 0 atom stereocenters. The van der Waals surface area contributed by atoms with Crippen LogP contribution in [0.1, 0.15) is 11.1 Å². The van der Waals surface area contributed by atoms with E-state index in [4.69, 9.17) is 4.98 Å². The number of fused-ring (bicyclic) bond motifs is 1. The number of hydrogen-bond donors (Lipinski definition) is 1. The summed E-state index contributed by atoms with van der Waals surface area (Å²) in [5, 5.41) is 3.01. The number of hydrogen-bond acceptors (Lipinski definition) is 6. The van der Waals surface area contributed by atoms with Gasteiger partial charge in [-0.1, -0.05) is 42.1 Å². The molecule has 0 amide bonds. The van der Waals surface area contributed by atoms with Gasteiger partial charge in [0.05, 0.1) is 5.56 Å². The maximum absolute atomic E-state index is 13.0. The second-order valence-electron chi connectivity index (χ2n) is 6.59. The zero-order valence-electron chi connectivity index (χ0n) is 14.4. The molecule has 6 nitrogen and oxygen atoms in total. The lowest BCUT2D eigenvalue weighted by atomic mass is 10.1. The fourth-order valence-corrected chi connectivity index (χ4v) is 4.17. The molecule has 1 aromatic heterocycles. The van der Waals surface area contributed by atoms with Crippen molar-refractivity contribution in [3.63, 3.8) is 0 Å². The summed E-state index contributed by atoms with van der Waals surface area (Å²) in [5.74, 6) is 1.64. The van der Waals surface area contributed by atoms with E-state index >= 15 is 0 Å². The first-order chi connectivity index (χ1) is 12.2. The number of thioether (sulfide) groups is 1. The molecule has 25 heavy (non-hydrogen) atoms. The second-order valence-corrected chi connectivity index (χ2v) is 7.65. The Bertz CT molecular complexity index is 799. The Morgan fingerprint density at radius 3 is 2.64 bits per heavy atom. The lowest BCUT2D eigenvalue weighted by Crippen LogP contribution is -2.47. The maximum Gasteiger partial charge on any atom is 0.259 e. The SMILES string of the molecule is CN1CCN(Nc2nc3n(c(=O)c2Cc2ccccc2)CCS3)CC1. The summed E-state index contributed by atoms with van der Waals surface area (Å²) in [7, 11) is 2.13. The quantitative estimate of drug-likeness (QED) is 0.838. The van der Waals surface area contributed by atoms with E-state index in [0.717, 1.165) is 60.6 Å². The third-order valence-electron chi connectivity index (χ3n) is 4.76. The van der Waals surface area contributed by atoms with Crippen LogP contribution in [0.25, 0.3) is 0 Å². The minimum absolute atomic E-state index is 0.0930. The number of hydrazine groups is 1. The monoisotopic (exact) mass is 357 g/mol. The van der Waals surface area contributed by atoms with Gasteiger partial charge < -0.3 is 10.3 Å². The van der Waals surface area contributed by atoms with E-state index in [2.05, 4.69) is 34.5 Å². The number of piperazine rings is 1. The van der Waals surface area contributed by atoms with Gasteiger partial charge in [0, 0.05) is 44.9 Å². The topological polar surface area (TPSA) is 53.4 Å². The molecule has 1 saturated heterocycles. The van der Waals surface area contributed by atoms with Crippen molar-refractivity contribution in [3.8, 4) is 0 Å². The maximum atomic E-state index is 13.0. The third kappa shape index (κ3) is 3.58. The minimum atomic E-state index is 0.0930. The summed E-state index contributed by atoms with van der Waals surface area (Å²) in [6.07, 6.45) is 0.605. The molecule has 3 heterocycles. The number of likely N-dealkylation sites (N-methyl/N-ethyl adjacent to an activating group) is 1. The predicted octanol–water partition coefficient (Wildman–Crippen LogP) is 1.51. The molecule has 4 rings (SSSR count). The van der Waals surface area contributed by atoms with Crippen LogP contribution in [-0.2, 0) is 13.0 Å². The predicted molar refractivity (Wildman–Crippen MR) is 101 cm³/mol. The van der Waals surface area contributed by atoms with Gasteiger partial charge in [0.1, 0.15) is 0 Å².